The van der Waals surface area contributed by atoms with Crippen LogP contribution in [0.15, 0.2) is 79.3 Å². The second-order valence-electron chi connectivity index (χ2n) is 9.46. The number of rotatable bonds is 3. The highest BCUT2D eigenvalue weighted by Gasteiger charge is 2.24. The van der Waals surface area contributed by atoms with E-state index in [1.54, 1.807) is 0 Å². The van der Waals surface area contributed by atoms with Crippen LogP contribution >= 0.6 is 0 Å². The summed E-state index contributed by atoms with van der Waals surface area (Å²) in [6, 6.07) is 22.7. The van der Waals surface area contributed by atoms with Gasteiger partial charge in [-0.05, 0) is 60.4 Å². The molecule has 2 aromatic heterocycles. The molecule has 5 heteroatoms. The molecule has 0 bridgehead atoms. The van der Waals surface area contributed by atoms with Gasteiger partial charge in [-0.1, -0.05) is 48.5 Å². The highest BCUT2D eigenvalue weighted by atomic mass is 15.2. The summed E-state index contributed by atoms with van der Waals surface area (Å²) >= 11 is 0. The van der Waals surface area contributed by atoms with Gasteiger partial charge in [-0.15, -0.1) is 0 Å². The summed E-state index contributed by atoms with van der Waals surface area (Å²) < 4.78 is 1.90. The molecule has 1 fully saturated rings. The molecule has 0 amide bonds. The third kappa shape index (κ3) is 3.44. The molecule has 6 rings (SSSR count). The zero-order chi connectivity index (χ0) is 23.2. The first-order valence-corrected chi connectivity index (χ1v) is 12.0. The zero-order valence-corrected chi connectivity index (χ0v) is 19.9. The summed E-state index contributed by atoms with van der Waals surface area (Å²) in [5, 5.41) is 10.7. The van der Waals surface area contributed by atoms with E-state index in [0.29, 0.717) is 12.1 Å². The third-order valence-corrected chi connectivity index (χ3v) is 7.11. The van der Waals surface area contributed by atoms with Crippen LogP contribution in [0, 0.1) is 6.92 Å². The van der Waals surface area contributed by atoms with E-state index < -0.39 is 0 Å². The van der Waals surface area contributed by atoms with Gasteiger partial charge in [-0.25, -0.2) is 9.50 Å². The average molecular weight is 448 g/mol. The lowest BCUT2D eigenvalue weighted by Gasteiger charge is -2.41. The van der Waals surface area contributed by atoms with Gasteiger partial charge in [0.1, 0.15) is 0 Å². The third-order valence-electron chi connectivity index (χ3n) is 7.11. The molecule has 1 saturated heterocycles. The van der Waals surface area contributed by atoms with Crippen molar-refractivity contribution in [2.45, 2.75) is 32.9 Å². The fourth-order valence-corrected chi connectivity index (χ4v) is 5.38. The lowest BCUT2D eigenvalue weighted by molar-refractivity contribution is 0.432. The number of hydrogen-bond donors (Lipinski definition) is 1. The maximum absolute atomic E-state index is 4.84. The molecule has 0 spiro atoms. The van der Waals surface area contributed by atoms with E-state index in [-0.39, 0.29) is 0 Å². The fraction of sp³-hybridized carbons (Fsp3) is 0.241. The number of nitrogens with one attached hydrogen (secondary N) is 1. The summed E-state index contributed by atoms with van der Waals surface area (Å²) in [4.78, 5) is 7.35. The molecule has 34 heavy (non-hydrogen) atoms. The average Bonchev–Trinajstić information content (AvgIpc) is 3.27. The number of nitrogens with zero attached hydrogens (tertiary/aromatic N) is 4. The molecule has 0 saturated carbocycles. The van der Waals surface area contributed by atoms with Gasteiger partial charge in [0.25, 0.3) is 0 Å². The number of benzene rings is 3. The maximum atomic E-state index is 4.84. The first-order valence-electron chi connectivity index (χ1n) is 12.0. The molecule has 0 aliphatic carbocycles. The Hall–Kier alpha value is -3.70. The normalized spacial score (nSPS) is 18.6. The van der Waals surface area contributed by atoms with Crippen LogP contribution in [0.1, 0.15) is 19.4 Å². The van der Waals surface area contributed by atoms with E-state index in [1.165, 1.54) is 27.6 Å². The van der Waals surface area contributed by atoms with Crippen LogP contribution in [-0.2, 0) is 0 Å². The predicted molar refractivity (Wildman–Crippen MR) is 140 cm³/mol. The minimum atomic E-state index is 0.480. The number of piperazine rings is 1. The summed E-state index contributed by atoms with van der Waals surface area (Å²) in [7, 11) is 0. The van der Waals surface area contributed by atoms with E-state index >= 15 is 0 Å². The molecule has 1 N–H and O–H groups in total. The second kappa shape index (κ2) is 8.26. The molecule has 5 nitrogen and oxygen atoms in total. The fourth-order valence-electron chi connectivity index (χ4n) is 5.38. The van der Waals surface area contributed by atoms with Crippen molar-refractivity contribution in [3.63, 3.8) is 0 Å². The van der Waals surface area contributed by atoms with Gasteiger partial charge in [0, 0.05) is 54.4 Å². The quantitative estimate of drug-likeness (QED) is 0.385. The van der Waals surface area contributed by atoms with Crippen LogP contribution in [0.4, 0.5) is 5.69 Å². The van der Waals surface area contributed by atoms with E-state index in [9.17, 15) is 0 Å². The monoisotopic (exact) mass is 447 g/mol. The molecule has 2 atom stereocenters. The van der Waals surface area contributed by atoms with Crippen molar-refractivity contribution in [2.24, 2.45) is 0 Å². The number of fused-ring (bicyclic) bond motifs is 2. The Morgan fingerprint density at radius 1 is 0.794 bits per heavy atom. The van der Waals surface area contributed by atoms with Crippen molar-refractivity contribution in [1.82, 2.24) is 19.9 Å². The SMILES string of the molecule is Cc1cccc2c(-c3cnn4cc(-c5ccc(N6C(C)CNCC6C)cc5)cnc34)cccc12. The van der Waals surface area contributed by atoms with Gasteiger partial charge in [0.2, 0.25) is 0 Å². The van der Waals surface area contributed by atoms with Crippen LogP contribution in [0.5, 0.6) is 0 Å². The lowest BCUT2D eigenvalue weighted by Crippen LogP contribution is -2.55. The molecule has 2 unspecified atom stereocenters. The number of aryl methyl sites for hydroxylation is 1. The minimum Gasteiger partial charge on any atom is -0.364 e. The van der Waals surface area contributed by atoms with Crippen molar-refractivity contribution in [1.29, 1.82) is 0 Å². The van der Waals surface area contributed by atoms with Gasteiger partial charge in [0.05, 0.1) is 6.20 Å². The Labute approximate surface area is 200 Å². The summed E-state index contributed by atoms with van der Waals surface area (Å²) in [6.45, 7) is 8.75. The Morgan fingerprint density at radius 3 is 2.32 bits per heavy atom. The molecule has 0 radical (unpaired) electrons. The van der Waals surface area contributed by atoms with E-state index in [1.807, 2.05) is 16.9 Å². The molecule has 1 aliphatic rings. The highest BCUT2D eigenvalue weighted by Crippen LogP contribution is 2.33. The van der Waals surface area contributed by atoms with Gasteiger partial charge in [-0.2, -0.15) is 5.10 Å². The number of anilines is 1. The van der Waals surface area contributed by atoms with Crippen molar-refractivity contribution in [2.75, 3.05) is 18.0 Å². The van der Waals surface area contributed by atoms with Crippen molar-refractivity contribution >= 4 is 22.1 Å². The smallest absolute Gasteiger partial charge is 0.162 e. The Bertz CT molecular complexity index is 1470. The lowest BCUT2D eigenvalue weighted by atomic mass is 9.97. The topological polar surface area (TPSA) is 45.5 Å². The first-order chi connectivity index (χ1) is 16.6. The molecule has 5 aromatic rings. The minimum absolute atomic E-state index is 0.480. The largest absolute Gasteiger partial charge is 0.364 e. The second-order valence-corrected chi connectivity index (χ2v) is 9.46. The Morgan fingerprint density at radius 2 is 1.53 bits per heavy atom. The zero-order valence-electron chi connectivity index (χ0n) is 19.9. The Kier molecular flexibility index (Phi) is 5.07. The van der Waals surface area contributed by atoms with E-state index in [4.69, 9.17) is 4.98 Å². The van der Waals surface area contributed by atoms with Crippen molar-refractivity contribution < 1.29 is 0 Å². The van der Waals surface area contributed by atoms with E-state index in [2.05, 4.69) is 103 Å². The predicted octanol–water partition coefficient (Wildman–Crippen LogP) is 5.71. The molecule has 170 valence electrons. The standard InChI is InChI=1S/C29H29N5/c1-19-6-4-8-26-25(19)7-5-9-27(26)28-17-32-33-18-23(16-31-29(28)33)22-10-12-24(13-11-22)34-20(2)14-30-15-21(34)3/h4-13,16-18,20-21,30H,14-15H2,1-3H3. The summed E-state index contributed by atoms with van der Waals surface area (Å²) in [5.41, 5.74) is 7.85. The number of aromatic nitrogens is 3. The van der Waals surface area contributed by atoms with Gasteiger partial charge in [-0.3, -0.25) is 0 Å². The van der Waals surface area contributed by atoms with Crippen LogP contribution in [0.2, 0.25) is 0 Å². The van der Waals surface area contributed by atoms with E-state index in [0.717, 1.165) is 35.4 Å². The molecule has 1 aliphatic heterocycles. The summed E-state index contributed by atoms with van der Waals surface area (Å²) in [6.07, 6.45) is 5.97. The van der Waals surface area contributed by atoms with Crippen molar-refractivity contribution in [3.05, 3.63) is 84.8 Å². The maximum Gasteiger partial charge on any atom is 0.162 e. The van der Waals surface area contributed by atoms with Crippen LogP contribution in [-0.4, -0.2) is 39.8 Å². The summed E-state index contributed by atoms with van der Waals surface area (Å²) in [5.74, 6) is 0. The highest BCUT2D eigenvalue weighted by molar-refractivity contribution is 6.00. The van der Waals surface area contributed by atoms with Crippen LogP contribution < -0.4 is 10.2 Å². The molecule has 3 aromatic carbocycles. The molecular weight excluding hydrogens is 418 g/mol. The van der Waals surface area contributed by atoms with Gasteiger partial charge in [0.15, 0.2) is 5.65 Å². The van der Waals surface area contributed by atoms with Gasteiger partial charge >= 0.3 is 0 Å². The first kappa shape index (κ1) is 20.9. The Balaban J connectivity index is 1.35. The molecular formula is C29H29N5. The van der Waals surface area contributed by atoms with Crippen LogP contribution in [0.3, 0.4) is 0 Å². The molecule has 3 heterocycles. The van der Waals surface area contributed by atoms with Gasteiger partial charge < -0.3 is 10.2 Å². The van der Waals surface area contributed by atoms with Crippen LogP contribution in [0.25, 0.3) is 38.7 Å². The van der Waals surface area contributed by atoms with Crippen molar-refractivity contribution in [3.8, 4) is 22.3 Å². The number of hydrogen-bond acceptors (Lipinski definition) is 4.